The molecule has 0 saturated carbocycles. The van der Waals surface area contributed by atoms with Crippen LogP contribution in [0, 0.1) is 18.8 Å². The fourth-order valence-corrected chi connectivity index (χ4v) is 3.80. The van der Waals surface area contributed by atoms with Gasteiger partial charge in [0.05, 0.1) is 5.69 Å². The third-order valence-corrected chi connectivity index (χ3v) is 5.34. The Kier molecular flexibility index (Phi) is 7.63. The SMILES string of the molecule is Cc1cccc(CN2CCN(Cc3ccc(C#CC(C)(C)O)cc3)C[C@H]2CCO)n1. The van der Waals surface area contributed by atoms with Crippen molar-refractivity contribution in [2.45, 2.75) is 51.9 Å². The molecule has 1 atom stereocenters. The summed E-state index contributed by atoms with van der Waals surface area (Å²) in [6.07, 6.45) is 0.772. The van der Waals surface area contributed by atoms with E-state index in [1.54, 1.807) is 13.8 Å². The first-order chi connectivity index (χ1) is 14.3. The van der Waals surface area contributed by atoms with E-state index in [0.29, 0.717) is 6.04 Å². The van der Waals surface area contributed by atoms with Crippen molar-refractivity contribution in [1.29, 1.82) is 0 Å². The minimum Gasteiger partial charge on any atom is -0.396 e. The first-order valence-electron chi connectivity index (χ1n) is 10.7. The normalized spacial score (nSPS) is 18.1. The Bertz CT molecular complexity index is 878. The quantitative estimate of drug-likeness (QED) is 0.721. The molecule has 1 aliphatic rings. The second-order valence-corrected chi connectivity index (χ2v) is 8.65. The summed E-state index contributed by atoms with van der Waals surface area (Å²) in [5.74, 6) is 5.87. The zero-order valence-corrected chi connectivity index (χ0v) is 18.3. The summed E-state index contributed by atoms with van der Waals surface area (Å²) in [5.41, 5.74) is 3.32. The van der Waals surface area contributed by atoms with Crippen LogP contribution in [0.4, 0.5) is 0 Å². The standard InChI is InChI=1S/C25H33N3O2/c1-20-5-4-6-23(26-20)18-28-15-14-27(19-24(28)12-16-29)17-22-9-7-21(8-10-22)11-13-25(2,3)30/h4-10,24,29-30H,12,14-19H2,1-3H3/t24-/m1/s1. The van der Waals surface area contributed by atoms with Gasteiger partial charge in [-0.15, -0.1) is 0 Å². The lowest BCUT2D eigenvalue weighted by Crippen LogP contribution is -2.52. The molecule has 0 aliphatic carbocycles. The molecule has 0 bridgehead atoms. The van der Waals surface area contributed by atoms with Gasteiger partial charge in [0.1, 0.15) is 5.60 Å². The number of aliphatic hydroxyl groups is 2. The predicted octanol–water partition coefficient (Wildman–Crippen LogP) is 2.58. The maximum Gasteiger partial charge on any atom is 0.120 e. The van der Waals surface area contributed by atoms with Crippen LogP contribution in [0.5, 0.6) is 0 Å². The Morgan fingerprint density at radius 2 is 1.87 bits per heavy atom. The largest absolute Gasteiger partial charge is 0.396 e. The summed E-state index contributed by atoms with van der Waals surface area (Å²) in [4.78, 5) is 9.55. The van der Waals surface area contributed by atoms with E-state index in [-0.39, 0.29) is 6.61 Å². The van der Waals surface area contributed by atoms with E-state index in [0.717, 1.165) is 56.1 Å². The van der Waals surface area contributed by atoms with E-state index < -0.39 is 5.60 Å². The fourth-order valence-electron chi connectivity index (χ4n) is 3.80. The van der Waals surface area contributed by atoms with E-state index in [9.17, 15) is 10.2 Å². The van der Waals surface area contributed by atoms with Crippen molar-refractivity contribution < 1.29 is 10.2 Å². The van der Waals surface area contributed by atoms with Crippen molar-refractivity contribution >= 4 is 0 Å². The number of aromatic nitrogens is 1. The molecule has 2 N–H and O–H groups in total. The van der Waals surface area contributed by atoms with Crippen molar-refractivity contribution in [2.24, 2.45) is 0 Å². The molecular weight excluding hydrogens is 374 g/mol. The molecule has 2 heterocycles. The highest BCUT2D eigenvalue weighted by molar-refractivity contribution is 5.37. The lowest BCUT2D eigenvalue weighted by Gasteiger charge is -2.41. The van der Waals surface area contributed by atoms with Crippen LogP contribution in [-0.4, -0.2) is 62.9 Å². The number of hydrogen-bond acceptors (Lipinski definition) is 5. The van der Waals surface area contributed by atoms with E-state index in [1.165, 1.54) is 5.56 Å². The highest BCUT2D eigenvalue weighted by Crippen LogP contribution is 2.18. The fraction of sp³-hybridized carbons (Fsp3) is 0.480. The number of nitrogens with zero attached hydrogens (tertiary/aromatic N) is 3. The number of pyridine rings is 1. The van der Waals surface area contributed by atoms with Crippen LogP contribution < -0.4 is 0 Å². The monoisotopic (exact) mass is 407 g/mol. The summed E-state index contributed by atoms with van der Waals surface area (Å²) in [7, 11) is 0. The molecule has 30 heavy (non-hydrogen) atoms. The molecule has 160 valence electrons. The summed E-state index contributed by atoms with van der Waals surface area (Å²) >= 11 is 0. The van der Waals surface area contributed by atoms with Gasteiger partial charge in [-0.25, -0.2) is 0 Å². The highest BCUT2D eigenvalue weighted by atomic mass is 16.3. The lowest BCUT2D eigenvalue weighted by molar-refractivity contribution is 0.0491. The average Bonchev–Trinajstić information content (AvgIpc) is 2.69. The van der Waals surface area contributed by atoms with Crippen molar-refractivity contribution in [3.63, 3.8) is 0 Å². The maximum absolute atomic E-state index is 9.74. The summed E-state index contributed by atoms with van der Waals surface area (Å²) < 4.78 is 0. The van der Waals surface area contributed by atoms with Gasteiger partial charge in [0.25, 0.3) is 0 Å². The van der Waals surface area contributed by atoms with Crippen LogP contribution >= 0.6 is 0 Å². The molecule has 5 heteroatoms. The van der Waals surface area contributed by atoms with Crippen LogP contribution in [0.3, 0.4) is 0 Å². The molecule has 1 aromatic heterocycles. The number of rotatable bonds is 6. The van der Waals surface area contributed by atoms with Crippen LogP contribution in [0.15, 0.2) is 42.5 Å². The van der Waals surface area contributed by atoms with Crippen molar-refractivity contribution in [2.75, 3.05) is 26.2 Å². The van der Waals surface area contributed by atoms with Crippen LogP contribution in [0.25, 0.3) is 0 Å². The Morgan fingerprint density at radius 1 is 1.10 bits per heavy atom. The topological polar surface area (TPSA) is 59.8 Å². The van der Waals surface area contributed by atoms with Gasteiger partial charge >= 0.3 is 0 Å². The van der Waals surface area contributed by atoms with Crippen molar-refractivity contribution in [3.8, 4) is 11.8 Å². The van der Waals surface area contributed by atoms with Gasteiger partial charge in [-0.3, -0.25) is 14.8 Å². The van der Waals surface area contributed by atoms with Gasteiger partial charge in [-0.2, -0.15) is 0 Å². The van der Waals surface area contributed by atoms with Gasteiger partial charge in [-0.1, -0.05) is 30.0 Å². The van der Waals surface area contributed by atoms with E-state index in [1.807, 2.05) is 25.1 Å². The molecule has 0 unspecified atom stereocenters. The van der Waals surface area contributed by atoms with Crippen LogP contribution in [0.1, 0.15) is 42.8 Å². The smallest absolute Gasteiger partial charge is 0.120 e. The first kappa shape index (κ1) is 22.5. The minimum atomic E-state index is -0.978. The molecule has 2 aromatic rings. The Hall–Kier alpha value is -2.23. The number of aryl methyl sites for hydroxylation is 1. The van der Waals surface area contributed by atoms with E-state index in [2.05, 4.69) is 50.9 Å². The third-order valence-electron chi connectivity index (χ3n) is 5.34. The molecule has 5 nitrogen and oxygen atoms in total. The van der Waals surface area contributed by atoms with Crippen molar-refractivity contribution in [3.05, 3.63) is 65.0 Å². The van der Waals surface area contributed by atoms with Gasteiger partial charge in [0.15, 0.2) is 0 Å². The average molecular weight is 408 g/mol. The zero-order chi connectivity index (χ0) is 21.6. The van der Waals surface area contributed by atoms with Crippen molar-refractivity contribution in [1.82, 2.24) is 14.8 Å². The number of piperazine rings is 1. The van der Waals surface area contributed by atoms with Gasteiger partial charge < -0.3 is 10.2 Å². The predicted molar refractivity (Wildman–Crippen MR) is 120 cm³/mol. The summed E-state index contributed by atoms with van der Waals surface area (Å²) in [6, 6.07) is 14.7. The zero-order valence-electron chi connectivity index (χ0n) is 18.3. The second kappa shape index (κ2) is 10.2. The summed E-state index contributed by atoms with van der Waals surface area (Å²) in [6.45, 7) is 10.2. The Labute approximate surface area is 180 Å². The van der Waals surface area contributed by atoms with Gasteiger partial charge in [-0.05, 0) is 57.0 Å². The molecule has 3 rings (SSSR count). The minimum absolute atomic E-state index is 0.199. The molecule has 1 saturated heterocycles. The lowest BCUT2D eigenvalue weighted by atomic mass is 10.1. The van der Waals surface area contributed by atoms with E-state index >= 15 is 0 Å². The van der Waals surface area contributed by atoms with Gasteiger partial charge in [0.2, 0.25) is 0 Å². The molecular formula is C25H33N3O2. The molecule has 1 aromatic carbocycles. The van der Waals surface area contributed by atoms with Crippen LogP contribution in [0.2, 0.25) is 0 Å². The maximum atomic E-state index is 9.74. The second-order valence-electron chi connectivity index (χ2n) is 8.65. The molecule has 1 aliphatic heterocycles. The molecule has 0 radical (unpaired) electrons. The third kappa shape index (κ3) is 6.93. The summed E-state index contributed by atoms with van der Waals surface area (Å²) in [5, 5.41) is 19.3. The van der Waals surface area contributed by atoms with E-state index in [4.69, 9.17) is 0 Å². The van der Waals surface area contributed by atoms with Gasteiger partial charge in [0, 0.05) is 56.6 Å². The number of aliphatic hydroxyl groups excluding tert-OH is 1. The number of benzene rings is 1. The first-order valence-corrected chi connectivity index (χ1v) is 10.7. The molecule has 0 spiro atoms. The Balaban J connectivity index is 1.60. The molecule has 1 fully saturated rings. The Morgan fingerprint density at radius 3 is 2.53 bits per heavy atom. The number of hydrogen-bond donors (Lipinski definition) is 2. The van der Waals surface area contributed by atoms with Crippen LogP contribution in [-0.2, 0) is 13.1 Å². The molecule has 0 amide bonds. The highest BCUT2D eigenvalue weighted by Gasteiger charge is 2.27.